The molecule has 0 aromatic heterocycles. The van der Waals surface area contributed by atoms with Crippen LogP contribution >= 0.6 is 11.6 Å². The summed E-state index contributed by atoms with van der Waals surface area (Å²) in [5.74, 6) is -1.06. The molecule has 0 fully saturated rings. The van der Waals surface area contributed by atoms with Crippen molar-refractivity contribution in [2.45, 2.75) is 18.3 Å². The molecule has 0 aromatic carbocycles. The van der Waals surface area contributed by atoms with Gasteiger partial charge in [-0.15, -0.1) is 11.6 Å². The van der Waals surface area contributed by atoms with Crippen molar-refractivity contribution >= 4 is 17.6 Å². The fourth-order valence-corrected chi connectivity index (χ4v) is 0.304. The van der Waals surface area contributed by atoms with Crippen molar-refractivity contribution in [3.8, 4) is 0 Å². The highest BCUT2D eigenvalue weighted by atomic mass is 35.5. The molecule has 0 saturated carbocycles. The monoisotopic (exact) mass is 137 g/mol. The van der Waals surface area contributed by atoms with Gasteiger partial charge in [-0.05, 0) is 6.92 Å². The second kappa shape index (κ2) is 2.89. The molecule has 4 heteroatoms. The summed E-state index contributed by atoms with van der Waals surface area (Å²) < 4.78 is 0. The van der Waals surface area contributed by atoms with Crippen LogP contribution < -0.4 is 5.73 Å². The first-order valence-electron chi connectivity index (χ1n) is 2.18. The molecule has 0 saturated heterocycles. The van der Waals surface area contributed by atoms with E-state index in [0.717, 1.165) is 0 Å². The molecule has 0 spiro atoms. The van der Waals surface area contributed by atoms with Gasteiger partial charge >= 0.3 is 5.97 Å². The molecule has 0 unspecified atom stereocenters. The molecule has 0 amide bonds. The maximum atomic E-state index is 9.93. The average Bonchev–Trinajstić information content (AvgIpc) is 1.64. The lowest BCUT2D eigenvalue weighted by Crippen LogP contribution is -2.37. The van der Waals surface area contributed by atoms with Crippen LogP contribution in [0.1, 0.15) is 6.92 Å². The van der Waals surface area contributed by atoms with Crippen molar-refractivity contribution < 1.29 is 9.90 Å². The summed E-state index contributed by atoms with van der Waals surface area (Å²) in [4.78, 5) is 9.93. The molecule has 0 radical (unpaired) electrons. The summed E-state index contributed by atoms with van der Waals surface area (Å²) >= 11 is 5.32. The highest BCUT2D eigenvalue weighted by Gasteiger charge is 2.16. The molecule has 0 aliphatic heterocycles. The molecular formula is C4H8ClNO2. The van der Waals surface area contributed by atoms with Gasteiger partial charge < -0.3 is 10.8 Å². The molecule has 0 rings (SSSR count). The van der Waals surface area contributed by atoms with E-state index in [9.17, 15) is 4.79 Å². The van der Waals surface area contributed by atoms with E-state index in [1.165, 1.54) is 0 Å². The van der Waals surface area contributed by atoms with Gasteiger partial charge in [0.1, 0.15) is 6.04 Å². The number of hydrogen-bond donors (Lipinski definition) is 2. The smallest absolute Gasteiger partial charge is 0.322 e. The standard InChI is InChI=1S/C4H8ClNO2/c1-2(5)3(6)4(7)8/h2-3H,6H2,1H3,(H,7,8)/t2-,3-/m1/s1. The molecule has 0 bridgehead atoms. The Labute approximate surface area is 52.4 Å². The number of aliphatic carboxylic acids is 1. The van der Waals surface area contributed by atoms with Crippen molar-refractivity contribution in [2.75, 3.05) is 0 Å². The Hall–Kier alpha value is -0.280. The van der Waals surface area contributed by atoms with Crippen molar-refractivity contribution in [1.29, 1.82) is 0 Å². The highest BCUT2D eigenvalue weighted by Crippen LogP contribution is 1.97. The van der Waals surface area contributed by atoms with Crippen LogP contribution in [0.4, 0.5) is 0 Å². The second-order valence-corrected chi connectivity index (χ2v) is 2.23. The molecule has 8 heavy (non-hydrogen) atoms. The van der Waals surface area contributed by atoms with Gasteiger partial charge in [-0.3, -0.25) is 4.79 Å². The van der Waals surface area contributed by atoms with Crippen LogP contribution in [0.2, 0.25) is 0 Å². The van der Waals surface area contributed by atoms with Crippen LogP contribution in [0, 0.1) is 0 Å². The first kappa shape index (κ1) is 7.72. The first-order chi connectivity index (χ1) is 3.55. The van der Waals surface area contributed by atoms with Crippen LogP contribution in [-0.4, -0.2) is 22.5 Å². The van der Waals surface area contributed by atoms with Gasteiger partial charge in [0.25, 0.3) is 0 Å². The second-order valence-electron chi connectivity index (χ2n) is 1.54. The largest absolute Gasteiger partial charge is 0.480 e. The Kier molecular flexibility index (Phi) is 2.79. The quantitative estimate of drug-likeness (QED) is 0.528. The normalized spacial score (nSPS) is 17.4. The number of carboxylic acids is 1. The number of hydrogen-bond acceptors (Lipinski definition) is 2. The number of halogens is 1. The van der Waals surface area contributed by atoms with Crippen LogP contribution in [0.5, 0.6) is 0 Å². The van der Waals surface area contributed by atoms with E-state index in [1.54, 1.807) is 6.92 Å². The first-order valence-corrected chi connectivity index (χ1v) is 2.62. The minimum Gasteiger partial charge on any atom is -0.480 e. The Morgan fingerprint density at radius 2 is 2.25 bits per heavy atom. The molecule has 2 atom stereocenters. The summed E-state index contributed by atoms with van der Waals surface area (Å²) in [6, 6.07) is -0.948. The molecule has 3 nitrogen and oxygen atoms in total. The highest BCUT2D eigenvalue weighted by molar-refractivity contribution is 6.22. The average molecular weight is 138 g/mol. The van der Waals surface area contributed by atoms with Gasteiger partial charge in [-0.25, -0.2) is 0 Å². The number of carbonyl (C=O) groups is 1. The molecule has 0 aliphatic rings. The van der Waals surface area contributed by atoms with Crippen LogP contribution in [0.15, 0.2) is 0 Å². The maximum Gasteiger partial charge on any atom is 0.322 e. The van der Waals surface area contributed by atoms with Gasteiger partial charge in [0, 0.05) is 0 Å². The zero-order valence-electron chi connectivity index (χ0n) is 4.47. The fourth-order valence-electron chi connectivity index (χ4n) is 0.196. The predicted molar refractivity (Wildman–Crippen MR) is 30.9 cm³/mol. The van der Waals surface area contributed by atoms with Crippen LogP contribution in [-0.2, 0) is 4.79 Å². The predicted octanol–water partition coefficient (Wildman–Crippen LogP) is 0.0256. The SMILES string of the molecule is C[C@@H](Cl)[C@@H](N)C(=O)O. The van der Waals surface area contributed by atoms with Gasteiger partial charge in [0.05, 0.1) is 5.38 Å². The summed E-state index contributed by atoms with van der Waals surface area (Å²) in [5, 5.41) is 7.64. The summed E-state index contributed by atoms with van der Waals surface area (Å²) in [6.07, 6.45) is 0. The van der Waals surface area contributed by atoms with E-state index >= 15 is 0 Å². The van der Waals surface area contributed by atoms with Crippen molar-refractivity contribution in [1.82, 2.24) is 0 Å². The summed E-state index contributed by atoms with van der Waals surface area (Å²) in [6.45, 7) is 1.54. The molecule has 0 aromatic rings. The van der Waals surface area contributed by atoms with E-state index in [2.05, 4.69) is 0 Å². The Morgan fingerprint density at radius 3 is 2.25 bits per heavy atom. The molecular weight excluding hydrogens is 130 g/mol. The minimum atomic E-state index is -1.06. The van der Waals surface area contributed by atoms with E-state index in [-0.39, 0.29) is 0 Å². The third-order valence-electron chi connectivity index (χ3n) is 0.780. The summed E-state index contributed by atoms with van der Waals surface area (Å²) in [5.41, 5.74) is 5.03. The summed E-state index contributed by atoms with van der Waals surface area (Å²) in [7, 11) is 0. The van der Waals surface area contributed by atoms with E-state index in [0.29, 0.717) is 0 Å². The molecule has 0 aliphatic carbocycles. The third kappa shape index (κ3) is 2.14. The minimum absolute atomic E-state index is 0.507. The van der Waals surface area contributed by atoms with Crippen LogP contribution in [0.3, 0.4) is 0 Å². The molecule has 48 valence electrons. The van der Waals surface area contributed by atoms with Crippen molar-refractivity contribution in [2.24, 2.45) is 5.73 Å². The van der Waals surface area contributed by atoms with E-state index in [1.807, 2.05) is 0 Å². The Morgan fingerprint density at radius 1 is 1.88 bits per heavy atom. The number of carboxylic acid groups (broad SMARTS) is 1. The van der Waals surface area contributed by atoms with Gasteiger partial charge in [-0.2, -0.15) is 0 Å². The molecule has 3 N–H and O–H groups in total. The van der Waals surface area contributed by atoms with Crippen molar-refractivity contribution in [3.63, 3.8) is 0 Å². The maximum absolute atomic E-state index is 9.93. The zero-order valence-corrected chi connectivity index (χ0v) is 5.22. The fraction of sp³-hybridized carbons (Fsp3) is 0.750. The van der Waals surface area contributed by atoms with Gasteiger partial charge in [-0.1, -0.05) is 0 Å². The lowest BCUT2D eigenvalue weighted by Gasteiger charge is -2.05. The number of alkyl halides is 1. The topological polar surface area (TPSA) is 63.3 Å². The van der Waals surface area contributed by atoms with E-state index in [4.69, 9.17) is 22.4 Å². The van der Waals surface area contributed by atoms with Crippen molar-refractivity contribution in [3.05, 3.63) is 0 Å². The van der Waals surface area contributed by atoms with Gasteiger partial charge in [0.2, 0.25) is 0 Å². The van der Waals surface area contributed by atoms with Crippen LogP contribution in [0.25, 0.3) is 0 Å². The number of rotatable bonds is 2. The molecule has 0 heterocycles. The van der Waals surface area contributed by atoms with Gasteiger partial charge in [0.15, 0.2) is 0 Å². The number of nitrogens with two attached hydrogens (primary N) is 1. The lowest BCUT2D eigenvalue weighted by atomic mass is 10.2. The third-order valence-corrected chi connectivity index (χ3v) is 1.05. The Bertz CT molecular complexity index is 94.0. The zero-order chi connectivity index (χ0) is 6.73. The Balaban J connectivity index is 3.64. The van der Waals surface area contributed by atoms with E-state index < -0.39 is 17.4 Å². The lowest BCUT2D eigenvalue weighted by molar-refractivity contribution is -0.138.